The number of nitrogens with zero attached hydrogens (tertiary/aromatic N) is 1. The van der Waals surface area contributed by atoms with Gasteiger partial charge in [-0.05, 0) is 41.7 Å². The number of rotatable bonds is 5. The average molecular weight is 362 g/mol. The van der Waals surface area contributed by atoms with Crippen LogP contribution in [0, 0.1) is 0 Å². The monoisotopic (exact) mass is 362 g/mol. The Hall–Kier alpha value is -2.88. The van der Waals surface area contributed by atoms with Gasteiger partial charge in [0.25, 0.3) is 0 Å². The van der Waals surface area contributed by atoms with Gasteiger partial charge in [-0.2, -0.15) is 0 Å². The number of hydrogen-bond acceptors (Lipinski definition) is 2. The van der Waals surface area contributed by atoms with E-state index < -0.39 is 0 Å². The zero-order valence-corrected chi connectivity index (χ0v) is 16.1. The zero-order chi connectivity index (χ0) is 19.4. The first-order valence-corrected chi connectivity index (χ1v) is 9.43. The molecular weight excluding hydrogens is 336 g/mol. The molecule has 0 aliphatic carbocycles. The highest BCUT2D eigenvalue weighted by molar-refractivity contribution is 5.82. The summed E-state index contributed by atoms with van der Waals surface area (Å²) in [5, 5.41) is 3.07. The maximum atomic E-state index is 12.7. The molecule has 0 radical (unpaired) electrons. The maximum Gasteiger partial charge on any atom is 0.223 e. The molecule has 2 amide bonds. The number of carbonyl (C=O) groups is 2. The van der Waals surface area contributed by atoms with Crippen LogP contribution in [0.25, 0.3) is 6.08 Å². The number of benzene rings is 2. The van der Waals surface area contributed by atoms with E-state index in [2.05, 4.69) is 36.5 Å². The molecule has 2 atom stereocenters. The van der Waals surface area contributed by atoms with Crippen molar-refractivity contribution in [3.8, 4) is 0 Å². The van der Waals surface area contributed by atoms with Gasteiger partial charge in [0.1, 0.15) is 0 Å². The SMILES string of the molecule is CCc1ccc(C(C)NC(=O)CC2c3ccccc3C=CN2C(C)=O)cc1. The first kappa shape index (κ1) is 18.9. The summed E-state index contributed by atoms with van der Waals surface area (Å²) in [4.78, 5) is 26.4. The Balaban J connectivity index is 1.73. The minimum atomic E-state index is -0.279. The van der Waals surface area contributed by atoms with E-state index in [0.29, 0.717) is 0 Å². The van der Waals surface area contributed by atoms with Crippen LogP contribution >= 0.6 is 0 Å². The molecule has 2 aromatic rings. The second-order valence-corrected chi connectivity index (χ2v) is 6.98. The summed E-state index contributed by atoms with van der Waals surface area (Å²) in [6.45, 7) is 5.63. The maximum absolute atomic E-state index is 12.7. The molecule has 4 heteroatoms. The molecule has 0 spiro atoms. The van der Waals surface area contributed by atoms with Crippen molar-refractivity contribution in [1.82, 2.24) is 10.2 Å². The summed E-state index contributed by atoms with van der Waals surface area (Å²) < 4.78 is 0. The van der Waals surface area contributed by atoms with Gasteiger partial charge in [0, 0.05) is 13.1 Å². The van der Waals surface area contributed by atoms with Crippen LogP contribution in [0.3, 0.4) is 0 Å². The molecule has 4 nitrogen and oxygen atoms in total. The number of carbonyl (C=O) groups excluding carboxylic acids is 2. The van der Waals surface area contributed by atoms with Crippen molar-refractivity contribution in [2.45, 2.75) is 45.7 Å². The summed E-state index contributed by atoms with van der Waals surface area (Å²) in [5.74, 6) is -0.134. The Morgan fingerprint density at radius 2 is 1.81 bits per heavy atom. The lowest BCUT2D eigenvalue weighted by Crippen LogP contribution is -2.36. The lowest BCUT2D eigenvalue weighted by molar-refractivity contribution is -0.130. The van der Waals surface area contributed by atoms with E-state index in [4.69, 9.17) is 0 Å². The number of hydrogen-bond donors (Lipinski definition) is 1. The lowest BCUT2D eigenvalue weighted by atomic mass is 9.93. The van der Waals surface area contributed by atoms with Gasteiger partial charge in [-0.25, -0.2) is 0 Å². The van der Waals surface area contributed by atoms with Crippen LogP contribution in [0.1, 0.15) is 61.5 Å². The highest BCUT2D eigenvalue weighted by Gasteiger charge is 2.28. The van der Waals surface area contributed by atoms with E-state index in [1.165, 1.54) is 12.5 Å². The average Bonchev–Trinajstić information content (AvgIpc) is 2.68. The predicted octanol–water partition coefficient (Wildman–Crippen LogP) is 4.39. The van der Waals surface area contributed by atoms with E-state index >= 15 is 0 Å². The third-order valence-corrected chi connectivity index (χ3v) is 5.11. The fourth-order valence-electron chi connectivity index (χ4n) is 3.51. The largest absolute Gasteiger partial charge is 0.350 e. The smallest absolute Gasteiger partial charge is 0.223 e. The molecule has 1 N–H and O–H groups in total. The van der Waals surface area contributed by atoms with Crippen LogP contribution in [0.2, 0.25) is 0 Å². The molecule has 3 rings (SSSR count). The summed E-state index contributed by atoms with van der Waals surface area (Å²) in [7, 11) is 0. The minimum absolute atomic E-state index is 0.0663. The van der Waals surface area contributed by atoms with E-state index in [9.17, 15) is 9.59 Å². The van der Waals surface area contributed by atoms with E-state index in [1.54, 1.807) is 11.1 Å². The normalized spacial score (nSPS) is 16.6. The summed E-state index contributed by atoms with van der Waals surface area (Å²) >= 11 is 0. The summed E-state index contributed by atoms with van der Waals surface area (Å²) in [5.41, 5.74) is 4.41. The molecule has 2 aromatic carbocycles. The molecule has 1 aliphatic rings. The van der Waals surface area contributed by atoms with Gasteiger partial charge < -0.3 is 10.2 Å². The molecule has 2 unspecified atom stereocenters. The van der Waals surface area contributed by atoms with Crippen LogP contribution in [0.15, 0.2) is 54.7 Å². The highest BCUT2D eigenvalue weighted by atomic mass is 16.2. The van der Waals surface area contributed by atoms with Crippen LogP contribution in [-0.4, -0.2) is 16.7 Å². The van der Waals surface area contributed by atoms with Crippen molar-refractivity contribution in [2.24, 2.45) is 0 Å². The van der Waals surface area contributed by atoms with Gasteiger partial charge in [0.2, 0.25) is 11.8 Å². The van der Waals surface area contributed by atoms with Gasteiger partial charge in [-0.3, -0.25) is 9.59 Å². The van der Waals surface area contributed by atoms with Crippen LogP contribution in [0.4, 0.5) is 0 Å². The predicted molar refractivity (Wildman–Crippen MR) is 108 cm³/mol. The van der Waals surface area contributed by atoms with E-state index in [1.807, 2.05) is 37.3 Å². The Kier molecular flexibility index (Phi) is 5.75. The Bertz CT molecular complexity index is 855. The third kappa shape index (κ3) is 4.27. The van der Waals surface area contributed by atoms with Crippen LogP contribution in [0.5, 0.6) is 0 Å². The lowest BCUT2D eigenvalue weighted by Gasteiger charge is -2.32. The number of nitrogens with one attached hydrogen (secondary N) is 1. The van der Waals surface area contributed by atoms with E-state index in [0.717, 1.165) is 23.1 Å². The zero-order valence-electron chi connectivity index (χ0n) is 16.1. The second-order valence-electron chi connectivity index (χ2n) is 6.98. The minimum Gasteiger partial charge on any atom is -0.350 e. The standard InChI is InChI=1S/C23H26N2O2/c1-4-18-9-11-19(12-10-18)16(2)24-23(27)15-22-21-8-6-5-7-20(21)13-14-25(22)17(3)26/h5-14,16,22H,4,15H2,1-3H3,(H,24,27). The van der Waals surface area contributed by atoms with Crippen molar-refractivity contribution in [3.05, 3.63) is 77.0 Å². The van der Waals surface area contributed by atoms with Crippen LogP contribution in [-0.2, 0) is 16.0 Å². The van der Waals surface area contributed by atoms with Crippen molar-refractivity contribution < 1.29 is 9.59 Å². The molecule has 0 aromatic heterocycles. The van der Waals surface area contributed by atoms with Crippen molar-refractivity contribution in [2.75, 3.05) is 0 Å². The fraction of sp³-hybridized carbons (Fsp3) is 0.304. The summed E-state index contributed by atoms with van der Waals surface area (Å²) in [6.07, 6.45) is 4.92. The highest BCUT2D eigenvalue weighted by Crippen LogP contribution is 2.33. The van der Waals surface area contributed by atoms with Gasteiger partial charge in [0.05, 0.1) is 18.5 Å². The van der Waals surface area contributed by atoms with Gasteiger partial charge in [-0.1, -0.05) is 55.5 Å². The van der Waals surface area contributed by atoms with Crippen molar-refractivity contribution in [1.29, 1.82) is 0 Å². The van der Waals surface area contributed by atoms with Crippen molar-refractivity contribution >= 4 is 17.9 Å². The molecule has 0 saturated carbocycles. The van der Waals surface area contributed by atoms with Crippen LogP contribution < -0.4 is 5.32 Å². The third-order valence-electron chi connectivity index (χ3n) is 5.11. The topological polar surface area (TPSA) is 49.4 Å². The Labute approximate surface area is 160 Å². The van der Waals surface area contributed by atoms with Gasteiger partial charge in [0.15, 0.2) is 0 Å². The first-order valence-electron chi connectivity index (χ1n) is 9.43. The number of fused-ring (bicyclic) bond motifs is 1. The molecule has 140 valence electrons. The quantitative estimate of drug-likeness (QED) is 0.857. The summed E-state index contributed by atoms with van der Waals surface area (Å²) in [6, 6.07) is 15.8. The molecule has 0 saturated heterocycles. The molecule has 1 aliphatic heterocycles. The fourth-order valence-corrected chi connectivity index (χ4v) is 3.51. The van der Waals surface area contributed by atoms with E-state index in [-0.39, 0.29) is 30.3 Å². The number of amides is 2. The first-order chi connectivity index (χ1) is 13.0. The molecule has 1 heterocycles. The molecule has 0 bridgehead atoms. The Morgan fingerprint density at radius 3 is 2.48 bits per heavy atom. The van der Waals surface area contributed by atoms with Crippen molar-refractivity contribution in [3.63, 3.8) is 0 Å². The second kappa shape index (κ2) is 8.21. The number of aryl methyl sites for hydroxylation is 1. The molecule has 27 heavy (non-hydrogen) atoms. The molecule has 0 fully saturated rings. The Morgan fingerprint density at radius 1 is 1.11 bits per heavy atom. The van der Waals surface area contributed by atoms with Gasteiger partial charge >= 0.3 is 0 Å². The molecular formula is C23H26N2O2. The van der Waals surface area contributed by atoms with Gasteiger partial charge in [-0.15, -0.1) is 0 Å².